The number of carbonyl (C=O) groups excluding carboxylic acids is 1. The number of amides is 1. The Hall–Kier alpha value is -2.42. The van der Waals surface area contributed by atoms with E-state index in [1.807, 2.05) is 0 Å². The number of hydrogen-bond acceptors (Lipinski definition) is 4. The highest BCUT2D eigenvalue weighted by molar-refractivity contribution is 9.10. The molecule has 3 aromatic rings. The number of hydrogen-bond donors (Lipinski definition) is 1. The predicted octanol–water partition coefficient (Wildman–Crippen LogP) is 4.35. The van der Waals surface area contributed by atoms with Gasteiger partial charge in [-0.15, -0.1) is 0 Å². The second-order valence-corrected chi connectivity index (χ2v) is 7.48. The van der Waals surface area contributed by atoms with Gasteiger partial charge < -0.3 is 5.32 Å². The van der Waals surface area contributed by atoms with Crippen LogP contribution in [0.4, 0.5) is 14.6 Å². The van der Waals surface area contributed by atoms with E-state index in [1.165, 1.54) is 10.7 Å². The van der Waals surface area contributed by atoms with Crippen molar-refractivity contribution in [2.24, 2.45) is 0 Å². The fraction of sp³-hybridized carbons (Fsp3) is 0.333. The second-order valence-electron chi connectivity index (χ2n) is 6.56. The van der Waals surface area contributed by atoms with Crippen LogP contribution >= 0.6 is 15.9 Å². The number of rotatable bonds is 5. The molecule has 0 bridgehead atoms. The van der Waals surface area contributed by atoms with Gasteiger partial charge in [0.2, 0.25) is 5.91 Å². The van der Waals surface area contributed by atoms with Crippen LogP contribution in [0.5, 0.6) is 0 Å². The van der Waals surface area contributed by atoms with Gasteiger partial charge in [-0.05, 0) is 53.9 Å². The van der Waals surface area contributed by atoms with Crippen LogP contribution in [0.2, 0.25) is 0 Å². The van der Waals surface area contributed by atoms with Crippen molar-refractivity contribution in [1.82, 2.24) is 19.7 Å². The van der Waals surface area contributed by atoms with E-state index in [1.54, 1.807) is 25.3 Å². The molecule has 0 atom stereocenters. The number of halogens is 3. The van der Waals surface area contributed by atoms with Gasteiger partial charge >= 0.3 is 0 Å². The largest absolute Gasteiger partial charge is 0.309 e. The first-order chi connectivity index (χ1) is 12.9. The van der Waals surface area contributed by atoms with Crippen molar-refractivity contribution in [2.75, 3.05) is 5.32 Å². The molecule has 140 valence electrons. The van der Waals surface area contributed by atoms with Crippen LogP contribution < -0.4 is 5.32 Å². The van der Waals surface area contributed by atoms with Gasteiger partial charge in [-0.2, -0.15) is 5.10 Å². The summed E-state index contributed by atoms with van der Waals surface area (Å²) in [6, 6.07) is 4.90. The zero-order valence-electron chi connectivity index (χ0n) is 14.4. The van der Waals surface area contributed by atoms with Crippen molar-refractivity contribution in [3.63, 3.8) is 0 Å². The average Bonchev–Trinajstić information content (AvgIpc) is 3.42. The highest BCUT2D eigenvalue weighted by atomic mass is 79.9. The topological polar surface area (TPSA) is 72.7 Å². The van der Waals surface area contributed by atoms with Crippen LogP contribution in [0.25, 0.3) is 11.0 Å². The second kappa shape index (κ2) is 6.95. The molecule has 3 aromatic heterocycles. The summed E-state index contributed by atoms with van der Waals surface area (Å²) in [6.45, 7) is 1.52. The van der Waals surface area contributed by atoms with Gasteiger partial charge in [0.15, 0.2) is 5.65 Å². The number of nitrogens with zero attached hydrogens (tertiary/aromatic N) is 4. The first kappa shape index (κ1) is 18.0. The van der Waals surface area contributed by atoms with Crippen LogP contribution in [0, 0.1) is 6.92 Å². The molecular formula is C18H16BrF2N5O. The molecular weight excluding hydrogens is 420 g/mol. The molecule has 0 radical (unpaired) electrons. The molecule has 0 aliphatic heterocycles. The lowest BCUT2D eigenvalue weighted by molar-refractivity contribution is -0.116. The number of aryl methyl sites for hydroxylation is 1. The molecule has 9 heteroatoms. The Kier molecular flexibility index (Phi) is 4.63. The third-order valence-corrected chi connectivity index (χ3v) is 4.92. The van der Waals surface area contributed by atoms with Gasteiger partial charge in [0, 0.05) is 27.8 Å². The Balaban J connectivity index is 1.67. The lowest BCUT2D eigenvalue weighted by atomic mass is 10.1. The highest BCUT2D eigenvalue weighted by Gasteiger charge is 2.29. The summed E-state index contributed by atoms with van der Waals surface area (Å²) < 4.78 is 29.3. The summed E-state index contributed by atoms with van der Waals surface area (Å²) in [7, 11) is 0. The van der Waals surface area contributed by atoms with E-state index in [-0.39, 0.29) is 23.9 Å². The quantitative estimate of drug-likeness (QED) is 0.646. The maximum atomic E-state index is 13.6. The molecule has 1 N–H and O–H groups in total. The van der Waals surface area contributed by atoms with Gasteiger partial charge in [-0.1, -0.05) is 0 Å². The van der Waals surface area contributed by atoms with E-state index >= 15 is 0 Å². The van der Waals surface area contributed by atoms with Crippen molar-refractivity contribution >= 4 is 38.7 Å². The summed E-state index contributed by atoms with van der Waals surface area (Å²) in [6.07, 6.45) is 0.848. The molecule has 4 rings (SSSR count). The fourth-order valence-electron chi connectivity index (χ4n) is 3.05. The molecule has 0 spiro atoms. The lowest BCUT2D eigenvalue weighted by Crippen LogP contribution is -2.20. The molecule has 1 amide bonds. The summed E-state index contributed by atoms with van der Waals surface area (Å²) in [5, 5.41) is 7.28. The summed E-state index contributed by atoms with van der Waals surface area (Å²) in [5.74, 6) is 0.263. The van der Waals surface area contributed by atoms with Crippen LogP contribution in [-0.2, 0) is 11.3 Å². The standard InChI is InChI=1S/C18H16BrF2N5O/c1-9-16-12(17(20)21)6-13(10-2-3-10)23-18(16)26(25-9)8-15(27)24-14-5-4-11(19)7-22-14/h4-7,10,17H,2-3,8H2,1H3,(H,22,24,27). The number of aromatic nitrogens is 4. The van der Waals surface area contributed by atoms with E-state index < -0.39 is 6.43 Å². The van der Waals surface area contributed by atoms with Crippen molar-refractivity contribution < 1.29 is 13.6 Å². The minimum absolute atomic E-state index is 0.0689. The number of alkyl halides is 2. The zero-order chi connectivity index (χ0) is 19.1. The third-order valence-electron chi connectivity index (χ3n) is 4.45. The zero-order valence-corrected chi connectivity index (χ0v) is 16.0. The van der Waals surface area contributed by atoms with Gasteiger partial charge in [-0.25, -0.2) is 23.4 Å². The van der Waals surface area contributed by atoms with Crippen LogP contribution in [0.15, 0.2) is 28.9 Å². The first-order valence-electron chi connectivity index (χ1n) is 8.50. The Morgan fingerprint density at radius 1 is 1.41 bits per heavy atom. The van der Waals surface area contributed by atoms with Crippen molar-refractivity contribution in [3.05, 3.63) is 45.8 Å². The molecule has 0 unspecified atom stereocenters. The molecule has 0 aromatic carbocycles. The van der Waals surface area contributed by atoms with Gasteiger partial charge in [0.1, 0.15) is 12.4 Å². The van der Waals surface area contributed by atoms with Crippen molar-refractivity contribution in [1.29, 1.82) is 0 Å². The van der Waals surface area contributed by atoms with Crippen molar-refractivity contribution in [3.8, 4) is 0 Å². The Morgan fingerprint density at radius 2 is 2.19 bits per heavy atom. The maximum absolute atomic E-state index is 13.6. The van der Waals surface area contributed by atoms with E-state index in [4.69, 9.17) is 0 Å². The molecule has 1 aliphatic rings. The number of fused-ring (bicyclic) bond motifs is 1. The average molecular weight is 436 g/mol. The van der Waals surface area contributed by atoms with Crippen LogP contribution in [0.3, 0.4) is 0 Å². The van der Waals surface area contributed by atoms with E-state index in [2.05, 4.69) is 36.3 Å². The van der Waals surface area contributed by atoms with E-state index in [0.717, 1.165) is 17.3 Å². The number of pyridine rings is 2. The molecule has 1 fully saturated rings. The fourth-order valence-corrected chi connectivity index (χ4v) is 3.28. The molecule has 6 nitrogen and oxygen atoms in total. The molecule has 0 saturated heterocycles. The van der Waals surface area contributed by atoms with E-state index in [0.29, 0.717) is 28.2 Å². The molecule has 1 aliphatic carbocycles. The van der Waals surface area contributed by atoms with Gasteiger partial charge in [0.05, 0.1) is 11.1 Å². The summed E-state index contributed by atoms with van der Waals surface area (Å²) >= 11 is 3.28. The van der Waals surface area contributed by atoms with E-state index in [9.17, 15) is 13.6 Å². The SMILES string of the molecule is Cc1nn(CC(=O)Nc2ccc(Br)cn2)c2nc(C3CC3)cc(C(F)F)c12. The lowest BCUT2D eigenvalue weighted by Gasteiger charge is -2.08. The molecule has 1 saturated carbocycles. The monoisotopic (exact) mass is 435 g/mol. The van der Waals surface area contributed by atoms with Crippen LogP contribution in [-0.4, -0.2) is 25.7 Å². The normalized spacial score (nSPS) is 14.1. The molecule has 27 heavy (non-hydrogen) atoms. The van der Waals surface area contributed by atoms with Gasteiger partial charge in [-0.3, -0.25) is 4.79 Å². The summed E-state index contributed by atoms with van der Waals surface area (Å²) in [4.78, 5) is 21.0. The van der Waals surface area contributed by atoms with Gasteiger partial charge in [0.25, 0.3) is 6.43 Å². The first-order valence-corrected chi connectivity index (χ1v) is 9.29. The maximum Gasteiger partial charge on any atom is 0.264 e. The summed E-state index contributed by atoms with van der Waals surface area (Å²) in [5.41, 5.74) is 1.34. The third kappa shape index (κ3) is 3.69. The minimum Gasteiger partial charge on any atom is -0.309 e. The Morgan fingerprint density at radius 3 is 2.81 bits per heavy atom. The minimum atomic E-state index is -2.62. The Labute approximate surface area is 162 Å². The van der Waals surface area contributed by atoms with Crippen LogP contribution in [0.1, 0.15) is 42.1 Å². The Bertz CT molecular complexity index is 1010. The number of nitrogens with one attached hydrogen (secondary N) is 1. The smallest absolute Gasteiger partial charge is 0.264 e. The van der Waals surface area contributed by atoms with Crippen molar-refractivity contribution in [2.45, 2.75) is 38.7 Å². The number of anilines is 1. The predicted molar refractivity (Wildman–Crippen MR) is 99.8 cm³/mol. The molecule has 3 heterocycles. The highest BCUT2D eigenvalue weighted by Crippen LogP contribution is 2.41. The number of carbonyl (C=O) groups is 1.